The molecule has 100 valence electrons. The number of carbonyl (C=O) groups excluding carboxylic acids is 1. The summed E-state index contributed by atoms with van der Waals surface area (Å²) in [4.78, 5) is 22.1. The number of hydroxylamine groups is 1. The molecule has 0 unspecified atom stereocenters. The van der Waals surface area contributed by atoms with Crippen LogP contribution in [-0.4, -0.2) is 29.1 Å². The highest BCUT2D eigenvalue weighted by molar-refractivity contribution is 6.30. The van der Waals surface area contributed by atoms with Gasteiger partial charge in [0, 0.05) is 13.1 Å². The maximum Gasteiger partial charge on any atom is 0.428 e. The molecule has 0 atom stereocenters. The average molecular weight is 281 g/mol. The van der Waals surface area contributed by atoms with E-state index in [1.54, 1.807) is 17.0 Å². The molecule has 1 saturated heterocycles. The van der Waals surface area contributed by atoms with Crippen molar-refractivity contribution in [3.8, 4) is 6.07 Å². The summed E-state index contributed by atoms with van der Waals surface area (Å²) in [5, 5.41) is 8.86. The number of rotatable bonds is 3. The fraction of sp³-hybridized carbons (Fsp3) is 0.417. The van der Waals surface area contributed by atoms with Crippen molar-refractivity contribution in [1.82, 2.24) is 15.4 Å². The summed E-state index contributed by atoms with van der Waals surface area (Å²) in [6, 6.07) is 5.16. The lowest BCUT2D eigenvalue weighted by Crippen LogP contribution is -2.32. The molecule has 1 aromatic rings. The van der Waals surface area contributed by atoms with Gasteiger partial charge in [0.1, 0.15) is 11.2 Å². The van der Waals surface area contributed by atoms with Crippen molar-refractivity contribution >= 4 is 17.7 Å². The Balaban J connectivity index is 1.81. The van der Waals surface area contributed by atoms with Crippen LogP contribution in [0.25, 0.3) is 0 Å². The van der Waals surface area contributed by atoms with Gasteiger partial charge in [-0.1, -0.05) is 11.6 Å². The first-order chi connectivity index (χ1) is 9.20. The topological polar surface area (TPSA) is 78.2 Å². The van der Waals surface area contributed by atoms with E-state index in [1.807, 2.05) is 6.07 Å². The minimum Gasteiger partial charge on any atom is -0.353 e. The summed E-state index contributed by atoms with van der Waals surface area (Å²) in [5.74, 6) is 0. The Labute approximate surface area is 115 Å². The fourth-order valence-electron chi connectivity index (χ4n) is 1.79. The van der Waals surface area contributed by atoms with Gasteiger partial charge in [0.15, 0.2) is 0 Å². The van der Waals surface area contributed by atoms with Gasteiger partial charge in [-0.25, -0.2) is 9.78 Å². The molecule has 19 heavy (non-hydrogen) atoms. The molecule has 0 radical (unpaired) electrons. The third kappa shape index (κ3) is 3.56. The van der Waals surface area contributed by atoms with Crippen molar-refractivity contribution in [2.75, 3.05) is 13.1 Å². The zero-order valence-electron chi connectivity index (χ0n) is 10.2. The minimum absolute atomic E-state index is 0.146. The third-order valence-electron chi connectivity index (χ3n) is 2.80. The number of likely N-dealkylation sites (tertiary alicyclic amines) is 1. The van der Waals surface area contributed by atoms with Crippen LogP contribution >= 0.6 is 11.6 Å². The fourth-order valence-corrected chi connectivity index (χ4v) is 2.00. The van der Waals surface area contributed by atoms with Gasteiger partial charge in [-0.3, -0.25) is 0 Å². The first kappa shape index (κ1) is 13.6. The Morgan fingerprint density at radius 1 is 1.53 bits per heavy atom. The largest absolute Gasteiger partial charge is 0.428 e. The Kier molecular flexibility index (Phi) is 4.55. The number of hydrogen-bond acceptors (Lipinski definition) is 5. The van der Waals surface area contributed by atoms with Gasteiger partial charge in [0.25, 0.3) is 0 Å². The van der Waals surface area contributed by atoms with E-state index in [1.165, 1.54) is 0 Å². The predicted octanol–water partition coefficient (Wildman–Crippen LogP) is 1.84. The molecule has 1 fully saturated rings. The summed E-state index contributed by atoms with van der Waals surface area (Å²) in [7, 11) is 0. The number of nitrogens with one attached hydrogen (secondary N) is 1. The van der Waals surface area contributed by atoms with E-state index in [4.69, 9.17) is 21.7 Å². The van der Waals surface area contributed by atoms with Crippen LogP contribution in [0.5, 0.6) is 0 Å². The van der Waals surface area contributed by atoms with Crippen LogP contribution in [0.4, 0.5) is 4.79 Å². The summed E-state index contributed by atoms with van der Waals surface area (Å²) < 4.78 is 0. The highest BCUT2D eigenvalue weighted by atomic mass is 35.5. The lowest BCUT2D eigenvalue weighted by molar-refractivity contribution is 0.0576. The number of carbonyl (C=O) groups is 1. The number of pyridine rings is 1. The molecular weight excluding hydrogens is 268 g/mol. The molecular formula is C12H13ClN4O2. The molecule has 7 heteroatoms. The lowest BCUT2D eigenvalue weighted by Gasteiger charge is -2.14. The molecule has 0 saturated carbocycles. The monoisotopic (exact) mass is 280 g/mol. The molecule has 1 amide bonds. The van der Waals surface area contributed by atoms with Crippen molar-refractivity contribution in [1.29, 1.82) is 5.26 Å². The minimum atomic E-state index is -0.378. The van der Waals surface area contributed by atoms with Crippen molar-refractivity contribution in [3.05, 3.63) is 28.5 Å². The highest BCUT2D eigenvalue weighted by Gasteiger charge is 2.19. The van der Waals surface area contributed by atoms with E-state index in [-0.39, 0.29) is 17.8 Å². The first-order valence-electron chi connectivity index (χ1n) is 5.95. The number of amides is 1. The molecule has 6 nitrogen and oxygen atoms in total. The molecule has 2 heterocycles. The molecule has 1 aliphatic rings. The summed E-state index contributed by atoms with van der Waals surface area (Å²) in [6.45, 7) is 1.72. The molecule has 1 N–H and O–H groups in total. The average Bonchev–Trinajstić information content (AvgIpc) is 2.93. The van der Waals surface area contributed by atoms with Crippen molar-refractivity contribution in [3.63, 3.8) is 0 Å². The number of nitriles is 1. The van der Waals surface area contributed by atoms with Crippen LogP contribution in [-0.2, 0) is 11.4 Å². The summed E-state index contributed by atoms with van der Waals surface area (Å²) >= 11 is 5.80. The van der Waals surface area contributed by atoms with E-state index >= 15 is 0 Å². The van der Waals surface area contributed by atoms with E-state index in [9.17, 15) is 4.79 Å². The van der Waals surface area contributed by atoms with Crippen molar-refractivity contribution in [2.24, 2.45) is 0 Å². The van der Waals surface area contributed by atoms with Crippen LogP contribution < -0.4 is 5.48 Å². The van der Waals surface area contributed by atoms with E-state index in [2.05, 4.69) is 10.5 Å². The number of hydrogen-bond donors (Lipinski definition) is 1. The molecule has 0 aromatic carbocycles. The standard InChI is InChI=1S/C12H13ClN4O2/c13-11-9(7-14)3-4-10(16-11)8-15-19-12(18)17-5-1-2-6-17/h3-4,15H,1-2,5-6,8H2. The van der Waals surface area contributed by atoms with Gasteiger partial charge < -0.3 is 9.74 Å². The Morgan fingerprint density at radius 3 is 2.89 bits per heavy atom. The van der Waals surface area contributed by atoms with Gasteiger partial charge in [-0.05, 0) is 25.0 Å². The number of halogens is 1. The maximum atomic E-state index is 11.6. The number of aromatic nitrogens is 1. The lowest BCUT2D eigenvalue weighted by atomic mass is 10.3. The molecule has 0 bridgehead atoms. The summed E-state index contributed by atoms with van der Waals surface area (Å²) in [6.07, 6.45) is 1.65. The zero-order chi connectivity index (χ0) is 13.7. The maximum absolute atomic E-state index is 11.6. The van der Waals surface area contributed by atoms with Gasteiger partial charge in [0.05, 0.1) is 17.8 Å². The Bertz CT molecular complexity index is 509. The highest BCUT2D eigenvalue weighted by Crippen LogP contribution is 2.12. The second-order valence-electron chi connectivity index (χ2n) is 4.14. The van der Waals surface area contributed by atoms with Gasteiger partial charge in [-0.15, -0.1) is 5.48 Å². The second-order valence-corrected chi connectivity index (χ2v) is 4.49. The summed E-state index contributed by atoms with van der Waals surface area (Å²) in [5.41, 5.74) is 3.46. The van der Waals surface area contributed by atoms with Gasteiger partial charge in [-0.2, -0.15) is 5.26 Å². The Hall–Kier alpha value is -1.84. The van der Waals surface area contributed by atoms with Crippen LogP contribution in [0.1, 0.15) is 24.1 Å². The predicted molar refractivity (Wildman–Crippen MR) is 68.1 cm³/mol. The number of nitrogens with zero attached hydrogens (tertiary/aromatic N) is 3. The molecule has 1 aliphatic heterocycles. The van der Waals surface area contributed by atoms with Crippen molar-refractivity contribution in [2.45, 2.75) is 19.4 Å². The van der Waals surface area contributed by atoms with Crippen LogP contribution in [0.2, 0.25) is 5.15 Å². The molecule has 2 rings (SSSR count). The zero-order valence-corrected chi connectivity index (χ0v) is 11.0. The van der Waals surface area contributed by atoms with E-state index in [0.29, 0.717) is 11.3 Å². The van der Waals surface area contributed by atoms with Gasteiger partial charge >= 0.3 is 6.09 Å². The van der Waals surface area contributed by atoms with Crippen LogP contribution in [0.15, 0.2) is 12.1 Å². The Morgan fingerprint density at radius 2 is 2.26 bits per heavy atom. The smallest absolute Gasteiger partial charge is 0.353 e. The molecule has 0 spiro atoms. The van der Waals surface area contributed by atoms with E-state index in [0.717, 1.165) is 25.9 Å². The SMILES string of the molecule is N#Cc1ccc(CNOC(=O)N2CCCC2)nc1Cl. The van der Waals surface area contributed by atoms with Crippen molar-refractivity contribution < 1.29 is 9.63 Å². The van der Waals surface area contributed by atoms with Crippen LogP contribution in [0.3, 0.4) is 0 Å². The second kappa shape index (κ2) is 6.36. The first-order valence-corrected chi connectivity index (χ1v) is 6.32. The molecule has 0 aliphatic carbocycles. The van der Waals surface area contributed by atoms with Gasteiger partial charge in [0.2, 0.25) is 0 Å². The van der Waals surface area contributed by atoms with Crippen LogP contribution in [0, 0.1) is 11.3 Å². The normalized spacial score (nSPS) is 14.2. The molecule has 1 aromatic heterocycles. The van der Waals surface area contributed by atoms with E-state index < -0.39 is 0 Å². The third-order valence-corrected chi connectivity index (χ3v) is 3.09. The quantitative estimate of drug-likeness (QED) is 0.675.